The molecule has 0 N–H and O–H groups in total. The number of nitrogens with zero attached hydrogens (tertiary/aromatic N) is 4. The van der Waals surface area contributed by atoms with E-state index in [4.69, 9.17) is 17.9 Å². The monoisotopic (exact) mass is 1170 g/mol. The third kappa shape index (κ3) is 8.73. The van der Waals surface area contributed by atoms with Gasteiger partial charge in [0.15, 0.2) is 0 Å². The number of pyridine rings is 1. The third-order valence-corrected chi connectivity index (χ3v) is 13.6. The van der Waals surface area contributed by atoms with Crippen LogP contribution in [0, 0.1) is 18.5 Å². The van der Waals surface area contributed by atoms with Gasteiger partial charge in [-0.05, 0) is 95.9 Å². The van der Waals surface area contributed by atoms with Crippen LogP contribution in [0.4, 0.5) is 0 Å². The quantitative estimate of drug-likeness (QED) is 0.101. The Morgan fingerprint density at radius 3 is 1.76 bits per heavy atom. The van der Waals surface area contributed by atoms with E-state index in [9.17, 15) is 5.48 Å². The number of ether oxygens (including phenoxy) is 1. The molecule has 0 fully saturated rings. The molecule has 0 bridgehead atoms. The van der Waals surface area contributed by atoms with Gasteiger partial charge in [0.25, 0.3) is 6.33 Å². The van der Waals surface area contributed by atoms with E-state index in [2.05, 4.69) is 98.4 Å². The Morgan fingerprint density at radius 2 is 1.11 bits per heavy atom. The van der Waals surface area contributed by atoms with E-state index >= 15 is 0 Å². The van der Waals surface area contributed by atoms with Crippen molar-refractivity contribution in [3.8, 4) is 84.3 Å². The first-order chi connectivity index (χ1) is 41.0. The van der Waals surface area contributed by atoms with Crippen LogP contribution in [0.2, 0.25) is 0 Å². The topological polar surface area (TPSA) is 35.9 Å². The van der Waals surface area contributed by atoms with Gasteiger partial charge in [0.05, 0.1) is 30.4 Å². The largest absolute Gasteiger partial charge is 0.510 e. The molecule has 13 rings (SSSR count). The summed E-state index contributed by atoms with van der Waals surface area (Å²) in [5, 5.41) is 2.00. The number of para-hydroxylation sites is 3. The Labute approximate surface area is 471 Å². The molecule has 0 saturated heterocycles. The second-order valence-corrected chi connectivity index (χ2v) is 19.2. The number of hydrogen-bond acceptors (Lipinski definition) is 2. The fourth-order valence-electron chi connectivity index (χ4n) is 10.1. The molecule has 76 heavy (non-hydrogen) atoms. The second kappa shape index (κ2) is 20.1. The molecular weight excluding hydrogens is 1110 g/mol. The van der Waals surface area contributed by atoms with Crippen molar-refractivity contribution in [2.45, 2.75) is 26.2 Å². The summed E-state index contributed by atoms with van der Waals surface area (Å²) in [4.78, 5) is 4.86. The summed E-state index contributed by atoms with van der Waals surface area (Å²) in [6, 6.07) is 60.4. The molecule has 0 aliphatic heterocycles. The van der Waals surface area contributed by atoms with Crippen LogP contribution < -0.4 is 9.30 Å². The Morgan fingerprint density at radius 1 is 0.526 bits per heavy atom. The molecule has 0 spiro atoms. The molecule has 0 aliphatic carbocycles. The number of hydrogen-bond donors (Lipinski definition) is 0. The number of rotatable bonds is 10. The molecule has 0 amide bonds. The smallest absolute Gasteiger partial charge is 0.268 e. The normalized spacial score (nSPS) is 13.4. The van der Waals surface area contributed by atoms with Crippen molar-refractivity contribution in [3.63, 3.8) is 0 Å². The molecule has 0 saturated carbocycles. The molecule has 0 atom stereocenters. The van der Waals surface area contributed by atoms with Crippen molar-refractivity contribution in [2.75, 3.05) is 0 Å². The molecule has 6 heteroatoms. The van der Waals surface area contributed by atoms with Gasteiger partial charge in [-0.1, -0.05) is 220 Å². The van der Waals surface area contributed by atoms with Crippen molar-refractivity contribution < 1.29 is 44.1 Å². The van der Waals surface area contributed by atoms with Crippen LogP contribution in [0.1, 0.15) is 40.0 Å². The zero-order valence-corrected chi connectivity index (χ0v) is 43.7. The first-order valence-electron chi connectivity index (χ1n) is 29.6. The fraction of sp³-hybridized carbons (Fsp3) is 0.0571. The molecule has 0 radical (unpaired) electrons. The van der Waals surface area contributed by atoms with Crippen LogP contribution in [0.25, 0.3) is 106 Å². The molecule has 0 unspecified atom stereocenters. The molecule has 0 aliphatic rings. The van der Waals surface area contributed by atoms with Gasteiger partial charge in [-0.25, -0.2) is 4.98 Å². The zero-order valence-electron chi connectivity index (χ0n) is 51.4. The van der Waals surface area contributed by atoms with Crippen LogP contribution in [0.15, 0.2) is 249 Å². The van der Waals surface area contributed by atoms with E-state index < -0.39 is 60.4 Å². The van der Waals surface area contributed by atoms with Gasteiger partial charge >= 0.3 is 0 Å². The summed E-state index contributed by atoms with van der Waals surface area (Å²) < 4.78 is 102. The average Bonchev–Trinajstić information content (AvgIpc) is 1.71. The minimum Gasteiger partial charge on any atom is -0.510 e. The van der Waals surface area contributed by atoms with Crippen LogP contribution >= 0.6 is 0 Å². The Kier molecular flexibility index (Phi) is 9.99. The van der Waals surface area contributed by atoms with E-state index in [1.54, 1.807) is 28.8 Å². The van der Waals surface area contributed by atoms with Gasteiger partial charge in [-0.2, -0.15) is 18.2 Å². The third-order valence-electron chi connectivity index (χ3n) is 13.6. The van der Waals surface area contributed by atoms with E-state index in [0.717, 1.165) is 66.6 Å². The predicted molar refractivity (Wildman–Crippen MR) is 306 cm³/mol. The maximum atomic E-state index is 9.34. The summed E-state index contributed by atoms with van der Waals surface area (Å²) >= 11 is 0. The molecule has 3 aromatic heterocycles. The fourth-order valence-corrected chi connectivity index (χ4v) is 10.1. The van der Waals surface area contributed by atoms with Gasteiger partial charge in [-0.15, -0.1) is 29.7 Å². The SMILES string of the molecule is [2H]c1c([2H])c([2H])c(-c2cccc(-c3c([2H])c([2H])c([2H])c([2H])c3[2H])c2-[n+]2[c-]n(-c3[c-]c(Oc4[c-]c5c(cc4)c4ccccc4n5-c4cc(C(C)(C)C)ccn4)ccc3)c3c(-c4c(-c5ccccc5)cccc4-c4ccccc4)cccc32)c([2H])c1[2H].[Pt]. The molecular formula is C70H50N4OPt-2. The maximum Gasteiger partial charge on any atom is 0.268 e. The summed E-state index contributed by atoms with van der Waals surface area (Å²) in [5.74, 6) is 1.48. The summed E-state index contributed by atoms with van der Waals surface area (Å²) in [6.45, 7) is 6.52. The van der Waals surface area contributed by atoms with Crippen molar-refractivity contribution in [1.82, 2.24) is 14.1 Å². The maximum absolute atomic E-state index is 9.34. The van der Waals surface area contributed by atoms with Gasteiger partial charge in [0.2, 0.25) is 0 Å². The molecule has 3 heterocycles. The van der Waals surface area contributed by atoms with Gasteiger partial charge < -0.3 is 13.9 Å². The first kappa shape index (κ1) is 37.8. The van der Waals surface area contributed by atoms with E-state index in [1.807, 2.05) is 114 Å². The average molecular weight is 1170 g/mol. The molecule has 5 nitrogen and oxygen atoms in total. The summed E-state index contributed by atoms with van der Waals surface area (Å²) in [7, 11) is 0. The Bertz CT molecular complexity index is 4660. The predicted octanol–water partition coefficient (Wildman–Crippen LogP) is 17.2. The van der Waals surface area contributed by atoms with Gasteiger partial charge in [0, 0.05) is 44.3 Å². The van der Waals surface area contributed by atoms with Crippen LogP contribution in [0.3, 0.4) is 0 Å². The van der Waals surface area contributed by atoms with E-state index in [-0.39, 0.29) is 54.4 Å². The van der Waals surface area contributed by atoms with E-state index in [1.165, 1.54) is 0 Å². The molecule has 13 aromatic rings. The Balaban J connectivity index is 0.00000724. The van der Waals surface area contributed by atoms with Crippen LogP contribution in [-0.2, 0) is 26.5 Å². The summed E-state index contributed by atoms with van der Waals surface area (Å²) in [5.41, 5.74) is 9.62. The van der Waals surface area contributed by atoms with Crippen molar-refractivity contribution in [2.24, 2.45) is 0 Å². The van der Waals surface area contributed by atoms with Crippen molar-refractivity contribution >= 4 is 32.8 Å². The second-order valence-electron chi connectivity index (χ2n) is 19.2. The van der Waals surface area contributed by atoms with Crippen molar-refractivity contribution in [3.05, 3.63) is 273 Å². The first-order valence-corrected chi connectivity index (χ1v) is 24.6. The minimum atomic E-state index is -0.589. The minimum absolute atomic E-state index is 0. The number of aromatic nitrogens is 4. The Hall–Kier alpha value is -8.89. The zero-order chi connectivity index (χ0) is 59.2. The number of benzene rings is 10. The van der Waals surface area contributed by atoms with Crippen molar-refractivity contribution in [1.29, 1.82) is 0 Å². The van der Waals surface area contributed by atoms with Crippen LogP contribution in [0.5, 0.6) is 11.5 Å². The number of fused-ring (bicyclic) bond motifs is 4. The molecule has 10 aromatic carbocycles. The van der Waals surface area contributed by atoms with Gasteiger partial charge in [-0.3, -0.25) is 4.57 Å². The van der Waals surface area contributed by atoms with Gasteiger partial charge in [0.1, 0.15) is 5.82 Å². The van der Waals surface area contributed by atoms with Crippen LogP contribution in [-0.4, -0.2) is 14.1 Å². The standard InChI is InChI=1S/C70H50N4O.Pt/c1-70(2,3)52-42-43-71-66(44-52)74-63-38-17-16-32-60(63)61-41-40-55(46-65(61)74)75-54-31-18-30-53(45-54)72-47-73(68-58(50-26-12-6-13-27-50)35-20-36-59(68)51-28-14-7-15-29-51)64-39-21-37-62(69(64)72)67-56(48-22-8-4-9-23-48)33-19-34-57(67)49-24-10-5-11-25-49;/h4-44H,1-3H3;/q-2;/i6D,7D,12D,13D,14D,15D,26D,27D,28D,29D;. The number of imidazole rings is 1. The summed E-state index contributed by atoms with van der Waals surface area (Å²) in [6.07, 6.45) is 5.46. The molecule has 368 valence electrons. The van der Waals surface area contributed by atoms with E-state index in [0.29, 0.717) is 28.2 Å².